The van der Waals surface area contributed by atoms with Gasteiger partial charge in [0.2, 0.25) is 0 Å². The first-order chi connectivity index (χ1) is 16.7. The van der Waals surface area contributed by atoms with Gasteiger partial charge in [0.05, 0.1) is 50.6 Å². The predicted octanol–water partition coefficient (Wildman–Crippen LogP) is 3.36. The molecule has 1 aliphatic rings. The van der Waals surface area contributed by atoms with Gasteiger partial charge in [-0.1, -0.05) is 23.7 Å². The maximum atomic E-state index is 13.3. The molecular weight excluding hydrogens is 476 g/mol. The molecule has 10 heteroatoms. The van der Waals surface area contributed by atoms with Gasteiger partial charge in [-0.3, -0.25) is 9.59 Å². The summed E-state index contributed by atoms with van der Waals surface area (Å²) in [4.78, 5) is 29.8. The van der Waals surface area contributed by atoms with Crippen LogP contribution >= 0.6 is 11.6 Å². The molecule has 1 fully saturated rings. The lowest BCUT2D eigenvalue weighted by atomic mass is 9.94. The van der Waals surface area contributed by atoms with Crippen molar-refractivity contribution in [2.75, 3.05) is 55.6 Å². The highest BCUT2D eigenvalue weighted by Gasteiger charge is 2.47. The molecule has 35 heavy (non-hydrogen) atoms. The molecule has 0 radical (unpaired) electrons. The van der Waals surface area contributed by atoms with Gasteiger partial charge in [-0.25, -0.2) is 0 Å². The van der Waals surface area contributed by atoms with Crippen LogP contribution in [-0.2, 0) is 9.59 Å². The van der Waals surface area contributed by atoms with Crippen LogP contribution in [0.5, 0.6) is 23.0 Å². The average Bonchev–Trinajstić information content (AvgIpc) is 3.10. The Kier molecular flexibility index (Phi) is 8.14. The molecule has 0 aromatic heterocycles. The number of ketones is 1. The Morgan fingerprint density at radius 2 is 1.66 bits per heavy atom. The van der Waals surface area contributed by atoms with Crippen LogP contribution in [0.4, 0.5) is 0 Å². The highest BCUT2D eigenvalue weighted by Crippen LogP contribution is 2.47. The highest BCUT2D eigenvalue weighted by molar-refractivity contribution is 6.46. The highest BCUT2D eigenvalue weighted by atomic mass is 35.5. The lowest BCUT2D eigenvalue weighted by Crippen LogP contribution is -2.35. The fourth-order valence-corrected chi connectivity index (χ4v) is 4.30. The number of benzene rings is 2. The van der Waals surface area contributed by atoms with Gasteiger partial charge in [0, 0.05) is 24.7 Å². The Hall–Kier alpha value is -3.43. The second-order valence-corrected chi connectivity index (χ2v) is 8.47. The van der Waals surface area contributed by atoms with E-state index in [0.717, 1.165) is 0 Å². The van der Waals surface area contributed by atoms with Gasteiger partial charge in [0.15, 0.2) is 11.5 Å². The summed E-state index contributed by atoms with van der Waals surface area (Å²) in [5, 5.41) is 11.6. The molecule has 1 unspecified atom stereocenters. The molecule has 2 aromatic rings. The van der Waals surface area contributed by atoms with E-state index in [-0.39, 0.29) is 28.5 Å². The van der Waals surface area contributed by atoms with Gasteiger partial charge in [-0.15, -0.1) is 0 Å². The molecule has 0 bridgehead atoms. The van der Waals surface area contributed by atoms with Crippen molar-refractivity contribution in [3.8, 4) is 23.0 Å². The van der Waals surface area contributed by atoms with Crippen molar-refractivity contribution in [1.29, 1.82) is 0 Å². The number of carbonyl (C=O) groups is 2. The summed E-state index contributed by atoms with van der Waals surface area (Å²) in [5.41, 5.74) is 0.528. The van der Waals surface area contributed by atoms with Gasteiger partial charge < -0.3 is 33.9 Å². The van der Waals surface area contributed by atoms with E-state index in [1.165, 1.54) is 45.5 Å². The van der Waals surface area contributed by atoms with Gasteiger partial charge >= 0.3 is 0 Å². The Bertz CT molecular complexity index is 1160. The van der Waals surface area contributed by atoms with Crippen molar-refractivity contribution in [1.82, 2.24) is 9.80 Å². The molecular formula is C25H29ClN2O7. The molecule has 9 nitrogen and oxygen atoms in total. The van der Waals surface area contributed by atoms with Crippen LogP contribution in [0.15, 0.2) is 35.9 Å². The third kappa shape index (κ3) is 4.87. The maximum Gasteiger partial charge on any atom is 0.295 e. The summed E-state index contributed by atoms with van der Waals surface area (Å²) in [5.74, 6) is -0.660. The molecule has 1 amide bonds. The summed E-state index contributed by atoms with van der Waals surface area (Å²) in [6.45, 7) is 0.730. The lowest BCUT2D eigenvalue weighted by molar-refractivity contribution is -0.140. The Balaban J connectivity index is 2.32. The predicted molar refractivity (Wildman–Crippen MR) is 132 cm³/mol. The number of hydrogen-bond acceptors (Lipinski definition) is 8. The van der Waals surface area contributed by atoms with Gasteiger partial charge in [-0.05, 0) is 26.2 Å². The van der Waals surface area contributed by atoms with Crippen LogP contribution in [-0.4, -0.2) is 82.2 Å². The van der Waals surface area contributed by atoms with Gasteiger partial charge in [0.25, 0.3) is 11.7 Å². The number of methoxy groups -OCH3 is 4. The quantitative estimate of drug-likeness (QED) is 0.315. The van der Waals surface area contributed by atoms with E-state index < -0.39 is 23.5 Å². The Morgan fingerprint density at radius 1 is 1.00 bits per heavy atom. The fraction of sp³-hybridized carbons (Fsp3) is 0.360. The molecule has 0 saturated carbocycles. The molecule has 188 valence electrons. The van der Waals surface area contributed by atoms with Crippen LogP contribution in [0.3, 0.4) is 0 Å². The standard InChI is InChI=1S/C25H29ClN2O7/c1-27(2)10-11-28-21(14-8-7-9-17(32-3)24(14)35-6)20(23(30)25(28)31)22(29)15-12-16(26)19(34-5)13-18(15)33-4/h7-9,12-13,21,29H,10-11H2,1-6H3/b22-20+. The summed E-state index contributed by atoms with van der Waals surface area (Å²) in [7, 11) is 9.56. The molecule has 1 atom stereocenters. The van der Waals surface area contributed by atoms with Crippen molar-refractivity contribution in [3.63, 3.8) is 0 Å². The molecule has 1 saturated heterocycles. The van der Waals surface area contributed by atoms with Crippen LogP contribution in [0.1, 0.15) is 17.2 Å². The number of hydrogen-bond donors (Lipinski definition) is 1. The van der Waals surface area contributed by atoms with E-state index in [0.29, 0.717) is 29.4 Å². The van der Waals surface area contributed by atoms with Crippen LogP contribution in [0.25, 0.3) is 5.76 Å². The summed E-state index contributed by atoms with van der Waals surface area (Å²) >= 11 is 6.31. The number of aliphatic hydroxyl groups excluding tert-OH is 1. The zero-order valence-corrected chi connectivity index (χ0v) is 21.3. The first-order valence-corrected chi connectivity index (χ1v) is 11.1. The Morgan fingerprint density at radius 3 is 2.23 bits per heavy atom. The van der Waals surface area contributed by atoms with Gasteiger partial charge in [-0.2, -0.15) is 0 Å². The molecule has 1 aliphatic heterocycles. The fourth-order valence-electron chi connectivity index (χ4n) is 4.06. The average molecular weight is 505 g/mol. The number of nitrogens with zero attached hydrogens (tertiary/aromatic N) is 2. The summed E-state index contributed by atoms with van der Waals surface area (Å²) in [6.07, 6.45) is 0. The number of likely N-dealkylation sites (tertiary alicyclic amines) is 1. The second-order valence-electron chi connectivity index (χ2n) is 8.07. The number of amides is 1. The van der Waals surface area contributed by atoms with E-state index in [4.69, 9.17) is 30.5 Å². The number of carbonyl (C=O) groups excluding carboxylic acids is 2. The minimum atomic E-state index is -0.939. The van der Waals surface area contributed by atoms with Gasteiger partial charge in [0.1, 0.15) is 17.3 Å². The molecule has 0 aliphatic carbocycles. The summed E-state index contributed by atoms with van der Waals surface area (Å²) < 4.78 is 21.7. The number of halogens is 1. The van der Waals surface area contributed by atoms with E-state index in [1.807, 2.05) is 19.0 Å². The first kappa shape index (κ1) is 26.2. The van der Waals surface area contributed by atoms with E-state index in [2.05, 4.69) is 0 Å². The summed E-state index contributed by atoms with van der Waals surface area (Å²) in [6, 6.07) is 7.16. The largest absolute Gasteiger partial charge is 0.507 e. The van der Waals surface area contributed by atoms with E-state index in [9.17, 15) is 14.7 Å². The smallest absolute Gasteiger partial charge is 0.295 e. The zero-order valence-electron chi connectivity index (χ0n) is 20.5. The maximum absolute atomic E-state index is 13.3. The van der Waals surface area contributed by atoms with Crippen molar-refractivity contribution in [2.24, 2.45) is 0 Å². The Labute approximate surface area is 209 Å². The topological polar surface area (TPSA) is 97.8 Å². The SMILES string of the molecule is COc1cc(OC)c(/C(O)=C2\C(=O)C(=O)N(CCN(C)C)C2c2cccc(OC)c2OC)cc1Cl. The molecule has 1 N–H and O–H groups in total. The second kappa shape index (κ2) is 10.9. The van der Waals surface area contributed by atoms with Crippen LogP contribution < -0.4 is 18.9 Å². The third-order valence-electron chi connectivity index (χ3n) is 5.79. The first-order valence-electron chi connectivity index (χ1n) is 10.8. The lowest BCUT2D eigenvalue weighted by Gasteiger charge is -2.28. The third-order valence-corrected chi connectivity index (χ3v) is 6.08. The number of rotatable bonds is 9. The van der Waals surface area contributed by atoms with Crippen molar-refractivity contribution < 1.29 is 33.6 Å². The number of aliphatic hydroxyl groups is 1. The number of para-hydroxylation sites is 1. The zero-order chi connectivity index (χ0) is 25.9. The van der Waals surface area contributed by atoms with Crippen molar-refractivity contribution in [2.45, 2.75) is 6.04 Å². The minimum absolute atomic E-state index is 0.111. The molecule has 0 spiro atoms. The molecule has 3 rings (SSSR count). The normalized spacial score (nSPS) is 17.1. The monoisotopic (exact) mass is 504 g/mol. The van der Waals surface area contributed by atoms with Crippen molar-refractivity contribution in [3.05, 3.63) is 52.1 Å². The number of ether oxygens (including phenoxy) is 4. The molecule has 2 aromatic carbocycles. The molecule has 1 heterocycles. The van der Waals surface area contributed by atoms with E-state index in [1.54, 1.807) is 18.2 Å². The number of likely N-dealkylation sites (N-methyl/N-ethyl adjacent to an activating group) is 1. The number of Topliss-reactive ketones (excluding diaryl/α,β-unsaturated/α-hetero) is 1. The van der Waals surface area contributed by atoms with E-state index >= 15 is 0 Å². The van der Waals surface area contributed by atoms with Crippen LogP contribution in [0, 0.1) is 0 Å². The minimum Gasteiger partial charge on any atom is -0.507 e. The van der Waals surface area contributed by atoms with Crippen LogP contribution in [0.2, 0.25) is 5.02 Å². The van der Waals surface area contributed by atoms with Crippen molar-refractivity contribution >= 4 is 29.1 Å².